The first-order valence-corrected chi connectivity index (χ1v) is 10.3. The molecule has 0 saturated heterocycles. The van der Waals surface area contributed by atoms with Crippen LogP contribution in [-0.2, 0) is 9.59 Å². The Morgan fingerprint density at radius 1 is 1.06 bits per heavy atom. The molecule has 2 aromatic carbocycles. The van der Waals surface area contributed by atoms with Gasteiger partial charge in [0.05, 0.1) is 23.6 Å². The number of pyridine rings is 1. The number of urea groups is 1. The predicted octanol–water partition coefficient (Wildman–Crippen LogP) is 2.65. The van der Waals surface area contributed by atoms with Gasteiger partial charge in [-0.15, -0.1) is 0 Å². The van der Waals surface area contributed by atoms with Gasteiger partial charge in [-0.25, -0.2) is 9.79 Å². The molecule has 0 aliphatic carbocycles. The van der Waals surface area contributed by atoms with Crippen LogP contribution in [0.15, 0.2) is 77.9 Å². The van der Waals surface area contributed by atoms with Crippen LogP contribution >= 0.6 is 0 Å². The van der Waals surface area contributed by atoms with Gasteiger partial charge in [-0.3, -0.25) is 9.78 Å². The second kappa shape index (κ2) is 9.73. The number of para-hydroxylation sites is 1. The van der Waals surface area contributed by atoms with E-state index in [0.717, 1.165) is 5.69 Å². The number of rotatable bonds is 6. The van der Waals surface area contributed by atoms with Gasteiger partial charge in [0.1, 0.15) is 6.29 Å². The van der Waals surface area contributed by atoms with Crippen molar-refractivity contribution in [2.75, 3.05) is 29.1 Å². The van der Waals surface area contributed by atoms with E-state index in [4.69, 9.17) is 0 Å². The molecule has 4 rings (SSSR count). The summed E-state index contributed by atoms with van der Waals surface area (Å²) in [5.41, 5.74) is 3.50. The van der Waals surface area contributed by atoms with Crippen molar-refractivity contribution in [1.82, 2.24) is 10.3 Å². The summed E-state index contributed by atoms with van der Waals surface area (Å²) < 4.78 is 0. The summed E-state index contributed by atoms with van der Waals surface area (Å²) in [6, 6.07) is 19.0. The normalized spacial score (nSPS) is 15.1. The number of benzodiazepines with no additional fused rings is 1. The Bertz CT molecular complexity index is 1210. The Kier molecular flexibility index (Phi) is 6.40. The standard InChI is InChI=1S/C24H22N6O3/c1-25-16-7-6-8-17(15-16)27-24(33)29-22-23(32)30(13-14-31)20-11-3-2-9-18(20)21(28-22)19-10-4-5-12-26-19/h2-12,14-15,22,25H,13H2,1H3,(H2,27,29,33)/t22-/m0/s1. The zero-order valence-electron chi connectivity index (χ0n) is 17.9. The molecule has 0 unspecified atom stereocenters. The van der Waals surface area contributed by atoms with Crippen molar-refractivity contribution in [3.8, 4) is 0 Å². The van der Waals surface area contributed by atoms with Crippen molar-refractivity contribution in [3.63, 3.8) is 0 Å². The molecular formula is C24H22N6O3. The predicted molar refractivity (Wildman–Crippen MR) is 127 cm³/mol. The molecule has 166 valence electrons. The molecule has 2 heterocycles. The van der Waals surface area contributed by atoms with Crippen LogP contribution in [0.25, 0.3) is 0 Å². The second-order valence-corrected chi connectivity index (χ2v) is 7.16. The van der Waals surface area contributed by atoms with Gasteiger partial charge < -0.3 is 25.6 Å². The van der Waals surface area contributed by atoms with Crippen LogP contribution in [0.5, 0.6) is 0 Å². The fraction of sp³-hybridized carbons (Fsp3) is 0.125. The van der Waals surface area contributed by atoms with Crippen LogP contribution < -0.4 is 20.9 Å². The van der Waals surface area contributed by atoms with Crippen molar-refractivity contribution < 1.29 is 14.4 Å². The quantitative estimate of drug-likeness (QED) is 0.508. The molecule has 9 nitrogen and oxygen atoms in total. The minimum absolute atomic E-state index is 0.176. The van der Waals surface area contributed by atoms with Crippen LogP contribution in [-0.4, -0.2) is 48.7 Å². The first kappa shape index (κ1) is 21.7. The third kappa shape index (κ3) is 4.72. The van der Waals surface area contributed by atoms with Crippen LogP contribution in [0.1, 0.15) is 11.3 Å². The van der Waals surface area contributed by atoms with E-state index in [9.17, 15) is 14.4 Å². The highest BCUT2D eigenvalue weighted by Crippen LogP contribution is 2.27. The Balaban J connectivity index is 1.71. The summed E-state index contributed by atoms with van der Waals surface area (Å²) in [6.45, 7) is -0.176. The van der Waals surface area contributed by atoms with Crippen molar-refractivity contribution in [2.24, 2.45) is 4.99 Å². The zero-order valence-corrected chi connectivity index (χ0v) is 17.9. The molecule has 0 saturated carbocycles. The number of nitrogens with zero attached hydrogens (tertiary/aromatic N) is 3. The zero-order chi connectivity index (χ0) is 23.2. The van der Waals surface area contributed by atoms with Gasteiger partial charge in [0.2, 0.25) is 6.17 Å². The van der Waals surface area contributed by atoms with E-state index < -0.39 is 18.1 Å². The number of nitrogens with one attached hydrogen (secondary N) is 3. The number of anilines is 3. The second-order valence-electron chi connectivity index (χ2n) is 7.16. The van der Waals surface area contributed by atoms with E-state index in [1.165, 1.54) is 4.90 Å². The molecule has 0 bridgehead atoms. The third-order valence-electron chi connectivity index (χ3n) is 5.05. The Labute approximate surface area is 190 Å². The summed E-state index contributed by atoms with van der Waals surface area (Å²) in [7, 11) is 1.77. The van der Waals surface area contributed by atoms with E-state index in [-0.39, 0.29) is 6.54 Å². The molecule has 1 aromatic heterocycles. The van der Waals surface area contributed by atoms with E-state index in [1.54, 1.807) is 61.8 Å². The molecule has 9 heteroatoms. The molecule has 1 aliphatic rings. The molecule has 33 heavy (non-hydrogen) atoms. The molecular weight excluding hydrogens is 420 g/mol. The summed E-state index contributed by atoms with van der Waals surface area (Å²) in [5.74, 6) is -0.528. The Hall–Kier alpha value is -4.53. The number of hydrogen-bond donors (Lipinski definition) is 3. The van der Waals surface area contributed by atoms with Gasteiger partial charge >= 0.3 is 6.03 Å². The van der Waals surface area contributed by atoms with Crippen LogP contribution in [0, 0.1) is 0 Å². The number of aldehydes is 1. The van der Waals surface area contributed by atoms with Crippen molar-refractivity contribution in [1.29, 1.82) is 0 Å². The topological polar surface area (TPSA) is 116 Å². The minimum Gasteiger partial charge on any atom is -0.388 e. The van der Waals surface area contributed by atoms with E-state index >= 15 is 0 Å². The summed E-state index contributed by atoms with van der Waals surface area (Å²) in [6.07, 6.45) is 1.00. The summed E-state index contributed by atoms with van der Waals surface area (Å²) in [4.78, 5) is 47.7. The molecule has 3 aromatic rings. The number of aromatic nitrogens is 1. The van der Waals surface area contributed by atoms with Gasteiger partial charge in [0.15, 0.2) is 0 Å². The number of carbonyl (C=O) groups excluding carboxylic acids is 3. The summed E-state index contributed by atoms with van der Waals surface area (Å²) >= 11 is 0. The molecule has 1 aliphatic heterocycles. The molecule has 0 fully saturated rings. The largest absolute Gasteiger partial charge is 0.388 e. The van der Waals surface area contributed by atoms with Gasteiger partial charge in [0, 0.05) is 30.2 Å². The van der Waals surface area contributed by atoms with Crippen LogP contribution in [0.3, 0.4) is 0 Å². The smallest absolute Gasteiger partial charge is 0.321 e. The van der Waals surface area contributed by atoms with Crippen LogP contribution in [0.4, 0.5) is 21.9 Å². The van der Waals surface area contributed by atoms with E-state index in [1.807, 2.05) is 18.2 Å². The maximum atomic E-state index is 13.4. The molecule has 1 atom stereocenters. The Morgan fingerprint density at radius 2 is 1.85 bits per heavy atom. The summed E-state index contributed by atoms with van der Waals surface area (Å²) in [5, 5.41) is 8.33. The molecule has 0 radical (unpaired) electrons. The fourth-order valence-corrected chi connectivity index (χ4v) is 3.54. The van der Waals surface area contributed by atoms with Gasteiger partial charge in [-0.2, -0.15) is 0 Å². The highest BCUT2D eigenvalue weighted by Gasteiger charge is 2.33. The number of carbonyl (C=O) groups is 3. The molecule has 0 spiro atoms. The number of hydrogen-bond acceptors (Lipinski definition) is 6. The SMILES string of the molecule is CNc1cccc(NC(=O)N[C@@H]2N=C(c3ccccn3)c3ccccc3N(CC=O)C2=O)c1. The molecule has 3 amide bonds. The van der Waals surface area contributed by atoms with Crippen molar-refractivity contribution in [2.45, 2.75) is 6.17 Å². The lowest BCUT2D eigenvalue weighted by Crippen LogP contribution is -2.49. The minimum atomic E-state index is -1.26. The van der Waals surface area contributed by atoms with Crippen LogP contribution in [0.2, 0.25) is 0 Å². The lowest BCUT2D eigenvalue weighted by molar-refractivity contribution is -0.121. The maximum Gasteiger partial charge on any atom is 0.321 e. The van der Waals surface area contributed by atoms with Gasteiger partial charge in [0.25, 0.3) is 5.91 Å². The van der Waals surface area contributed by atoms with E-state index in [2.05, 4.69) is 25.9 Å². The number of aliphatic imine (C=N–C) groups is 1. The molecule has 3 N–H and O–H groups in total. The van der Waals surface area contributed by atoms with E-state index in [0.29, 0.717) is 34.6 Å². The van der Waals surface area contributed by atoms with Crippen molar-refractivity contribution >= 4 is 41.0 Å². The third-order valence-corrected chi connectivity index (χ3v) is 5.05. The monoisotopic (exact) mass is 442 g/mol. The lowest BCUT2D eigenvalue weighted by atomic mass is 10.0. The Morgan fingerprint density at radius 3 is 2.61 bits per heavy atom. The highest BCUT2D eigenvalue weighted by atomic mass is 16.2. The fourth-order valence-electron chi connectivity index (χ4n) is 3.54. The van der Waals surface area contributed by atoms with Crippen molar-refractivity contribution in [3.05, 3.63) is 84.2 Å². The van der Waals surface area contributed by atoms with Gasteiger partial charge in [-0.1, -0.05) is 30.3 Å². The lowest BCUT2D eigenvalue weighted by Gasteiger charge is -2.23. The number of amides is 3. The average molecular weight is 442 g/mol. The average Bonchev–Trinajstić information content (AvgIpc) is 2.95. The van der Waals surface area contributed by atoms with Gasteiger partial charge in [-0.05, 0) is 36.4 Å². The number of benzene rings is 2. The first-order valence-electron chi connectivity index (χ1n) is 10.3. The first-order chi connectivity index (χ1) is 16.1. The maximum absolute atomic E-state index is 13.4. The highest BCUT2D eigenvalue weighted by molar-refractivity contribution is 6.20. The number of fused-ring (bicyclic) bond motifs is 1.